The highest BCUT2D eigenvalue weighted by atomic mass is 32.2. The first-order valence-corrected chi connectivity index (χ1v) is 9.24. The maximum absolute atomic E-state index is 5.64. The van der Waals surface area contributed by atoms with E-state index in [9.17, 15) is 0 Å². The molecule has 3 aromatic heterocycles. The van der Waals surface area contributed by atoms with E-state index in [1.165, 1.54) is 11.8 Å². The third-order valence-corrected chi connectivity index (χ3v) is 5.17. The number of hydrogen-bond donors (Lipinski definition) is 0. The number of aryl methyl sites for hydroxylation is 2. The fourth-order valence-corrected chi connectivity index (χ4v) is 3.33. The van der Waals surface area contributed by atoms with E-state index in [2.05, 4.69) is 39.1 Å². The highest BCUT2D eigenvalue weighted by molar-refractivity contribution is 7.99. The van der Waals surface area contributed by atoms with Crippen LogP contribution in [0.25, 0.3) is 5.78 Å². The summed E-state index contributed by atoms with van der Waals surface area (Å²) in [6.45, 7) is 8.21. The zero-order chi connectivity index (χ0) is 16.4. The van der Waals surface area contributed by atoms with Gasteiger partial charge in [0.25, 0.3) is 11.0 Å². The van der Waals surface area contributed by atoms with Gasteiger partial charge in [0.1, 0.15) is 0 Å². The lowest BCUT2D eigenvalue weighted by Crippen LogP contribution is -1.97. The van der Waals surface area contributed by atoms with Crippen LogP contribution >= 0.6 is 23.5 Å². The van der Waals surface area contributed by atoms with Gasteiger partial charge < -0.3 is 4.42 Å². The van der Waals surface area contributed by atoms with Crippen LogP contribution in [0.3, 0.4) is 0 Å². The zero-order valence-electron chi connectivity index (χ0n) is 13.5. The molecule has 0 bridgehead atoms. The van der Waals surface area contributed by atoms with Crippen LogP contribution in [0.2, 0.25) is 0 Å². The molecule has 0 N–H and O–H groups in total. The quantitative estimate of drug-likeness (QED) is 0.626. The molecule has 0 spiro atoms. The van der Waals surface area contributed by atoms with Crippen LogP contribution in [0.1, 0.15) is 37.5 Å². The largest absolute Gasteiger partial charge is 0.415 e. The Bertz CT molecular complexity index is 815. The fourth-order valence-electron chi connectivity index (χ4n) is 1.93. The van der Waals surface area contributed by atoms with Gasteiger partial charge in [0.05, 0.1) is 5.75 Å². The SMILES string of the molecule is CC[C@H](C)Sc1nnc(CSc2nc3nc(C)cc(C)n3n2)o1. The van der Waals surface area contributed by atoms with Gasteiger partial charge in [-0.2, -0.15) is 4.98 Å². The highest BCUT2D eigenvalue weighted by Gasteiger charge is 2.13. The Morgan fingerprint density at radius 3 is 2.87 bits per heavy atom. The van der Waals surface area contributed by atoms with Gasteiger partial charge >= 0.3 is 0 Å². The third-order valence-electron chi connectivity index (χ3n) is 3.25. The first-order valence-electron chi connectivity index (χ1n) is 7.38. The molecule has 3 heterocycles. The Balaban J connectivity index is 1.67. The average Bonchev–Trinajstić information content (AvgIpc) is 3.11. The number of aromatic nitrogens is 6. The van der Waals surface area contributed by atoms with E-state index in [1.54, 1.807) is 16.3 Å². The normalized spacial score (nSPS) is 12.9. The number of nitrogens with zero attached hydrogens (tertiary/aromatic N) is 6. The Hall–Kier alpha value is -1.61. The molecule has 0 aromatic carbocycles. The minimum absolute atomic E-state index is 0.466. The van der Waals surface area contributed by atoms with Crippen molar-refractivity contribution in [2.24, 2.45) is 0 Å². The summed E-state index contributed by atoms with van der Waals surface area (Å²) in [6, 6.07) is 1.98. The van der Waals surface area contributed by atoms with E-state index >= 15 is 0 Å². The first-order chi connectivity index (χ1) is 11.0. The smallest absolute Gasteiger partial charge is 0.276 e. The van der Waals surface area contributed by atoms with Crippen molar-refractivity contribution in [1.29, 1.82) is 0 Å². The summed E-state index contributed by atoms with van der Waals surface area (Å²) >= 11 is 3.06. The maximum atomic E-state index is 5.64. The van der Waals surface area contributed by atoms with Gasteiger partial charge in [0.2, 0.25) is 11.0 Å². The van der Waals surface area contributed by atoms with Crippen LogP contribution in [-0.2, 0) is 5.75 Å². The molecule has 0 saturated carbocycles. The summed E-state index contributed by atoms with van der Waals surface area (Å²) in [5.41, 5.74) is 1.94. The van der Waals surface area contributed by atoms with Crippen LogP contribution in [0, 0.1) is 13.8 Å². The molecule has 23 heavy (non-hydrogen) atoms. The monoisotopic (exact) mass is 350 g/mol. The van der Waals surface area contributed by atoms with Crippen LogP contribution in [0.5, 0.6) is 0 Å². The lowest BCUT2D eigenvalue weighted by molar-refractivity contribution is 0.425. The van der Waals surface area contributed by atoms with Gasteiger partial charge in [-0.3, -0.25) is 0 Å². The second-order valence-corrected chi connectivity index (χ2v) is 7.56. The molecular formula is C14H18N6OS2. The minimum Gasteiger partial charge on any atom is -0.415 e. The second-order valence-electron chi connectivity index (χ2n) is 5.23. The molecule has 1 atom stereocenters. The van der Waals surface area contributed by atoms with Crippen molar-refractivity contribution in [1.82, 2.24) is 29.8 Å². The van der Waals surface area contributed by atoms with Gasteiger partial charge in [-0.05, 0) is 26.3 Å². The van der Waals surface area contributed by atoms with Crippen molar-refractivity contribution >= 4 is 29.3 Å². The number of rotatable bonds is 6. The first kappa shape index (κ1) is 16.3. The summed E-state index contributed by atoms with van der Waals surface area (Å²) in [5, 5.41) is 14.3. The summed E-state index contributed by atoms with van der Waals surface area (Å²) < 4.78 is 7.38. The predicted octanol–water partition coefficient (Wildman–Crippen LogP) is 3.31. The molecule has 7 nitrogen and oxygen atoms in total. The van der Waals surface area contributed by atoms with E-state index in [0.29, 0.717) is 33.1 Å². The van der Waals surface area contributed by atoms with Gasteiger partial charge in [-0.1, -0.05) is 37.4 Å². The molecule has 0 aliphatic carbocycles. The van der Waals surface area contributed by atoms with Gasteiger partial charge in [-0.15, -0.1) is 15.3 Å². The molecule has 122 valence electrons. The molecule has 0 radical (unpaired) electrons. The number of fused-ring (bicyclic) bond motifs is 1. The third kappa shape index (κ3) is 3.84. The average molecular weight is 350 g/mol. The van der Waals surface area contributed by atoms with Crippen molar-refractivity contribution in [3.63, 3.8) is 0 Å². The summed E-state index contributed by atoms with van der Waals surface area (Å²) in [7, 11) is 0. The Morgan fingerprint density at radius 2 is 2.09 bits per heavy atom. The van der Waals surface area contributed by atoms with Crippen molar-refractivity contribution in [3.05, 3.63) is 23.3 Å². The molecule has 0 aliphatic rings. The standard InChI is InChI=1S/C14H18N6OS2/c1-5-10(4)23-14-18-17-11(21-14)7-22-13-16-12-15-8(2)6-9(3)20(12)19-13/h6,10H,5,7H2,1-4H3/t10-/m0/s1. The van der Waals surface area contributed by atoms with Crippen molar-refractivity contribution in [2.45, 2.75) is 55.5 Å². The Kier molecular flexibility index (Phi) is 4.86. The Morgan fingerprint density at radius 1 is 1.26 bits per heavy atom. The molecular weight excluding hydrogens is 332 g/mol. The molecule has 0 aliphatic heterocycles. The lowest BCUT2D eigenvalue weighted by atomic mass is 10.4. The van der Waals surface area contributed by atoms with Crippen LogP contribution < -0.4 is 0 Å². The van der Waals surface area contributed by atoms with Crippen molar-refractivity contribution in [3.8, 4) is 0 Å². The molecule has 0 saturated heterocycles. The molecule has 3 rings (SSSR count). The van der Waals surface area contributed by atoms with E-state index in [-0.39, 0.29) is 0 Å². The molecule has 3 aromatic rings. The fraction of sp³-hybridized carbons (Fsp3) is 0.500. The van der Waals surface area contributed by atoms with Gasteiger partial charge in [0.15, 0.2) is 0 Å². The molecule has 0 unspecified atom stereocenters. The van der Waals surface area contributed by atoms with Crippen LogP contribution in [-0.4, -0.2) is 35.0 Å². The molecule has 0 amide bonds. The van der Waals surface area contributed by atoms with Crippen LogP contribution in [0.15, 0.2) is 20.9 Å². The maximum Gasteiger partial charge on any atom is 0.276 e. The van der Waals surface area contributed by atoms with Crippen molar-refractivity contribution < 1.29 is 4.42 Å². The zero-order valence-corrected chi connectivity index (χ0v) is 15.1. The van der Waals surface area contributed by atoms with E-state index in [4.69, 9.17) is 4.42 Å². The summed E-state index contributed by atoms with van der Waals surface area (Å²) in [6.07, 6.45) is 1.06. The number of hydrogen-bond acceptors (Lipinski definition) is 8. The molecule has 9 heteroatoms. The molecule has 0 fully saturated rings. The summed E-state index contributed by atoms with van der Waals surface area (Å²) in [5.74, 6) is 1.74. The Labute approximate surface area is 142 Å². The highest BCUT2D eigenvalue weighted by Crippen LogP contribution is 2.26. The van der Waals surface area contributed by atoms with Crippen LogP contribution in [0.4, 0.5) is 0 Å². The minimum atomic E-state index is 0.466. The lowest BCUT2D eigenvalue weighted by Gasteiger charge is -2.01. The topological polar surface area (TPSA) is 82.0 Å². The van der Waals surface area contributed by atoms with E-state index in [1.807, 2.05) is 19.9 Å². The second kappa shape index (κ2) is 6.88. The predicted molar refractivity (Wildman–Crippen MR) is 89.7 cm³/mol. The van der Waals surface area contributed by atoms with Crippen molar-refractivity contribution in [2.75, 3.05) is 0 Å². The van der Waals surface area contributed by atoms with Gasteiger partial charge in [-0.25, -0.2) is 9.50 Å². The van der Waals surface area contributed by atoms with Gasteiger partial charge in [0, 0.05) is 16.6 Å². The summed E-state index contributed by atoms with van der Waals surface area (Å²) in [4.78, 5) is 8.81. The number of thioether (sulfide) groups is 2. The van der Waals surface area contributed by atoms with E-state index in [0.717, 1.165) is 17.8 Å². The van der Waals surface area contributed by atoms with E-state index < -0.39 is 0 Å².